The van der Waals surface area contributed by atoms with Gasteiger partial charge in [-0.3, -0.25) is 4.79 Å². The SMILES string of the molecule is O=C(CCSCc1ccccc1)NCCOCc1ccccc1. The molecule has 0 fully saturated rings. The lowest BCUT2D eigenvalue weighted by Gasteiger charge is -2.07. The van der Waals surface area contributed by atoms with E-state index in [9.17, 15) is 4.79 Å². The monoisotopic (exact) mass is 329 g/mol. The first-order valence-electron chi connectivity index (χ1n) is 7.84. The molecule has 2 aromatic rings. The number of thioether (sulfide) groups is 1. The molecule has 0 unspecified atom stereocenters. The highest BCUT2D eigenvalue weighted by Gasteiger charge is 2.01. The van der Waals surface area contributed by atoms with Crippen molar-refractivity contribution in [3.05, 3.63) is 71.8 Å². The molecule has 0 radical (unpaired) electrons. The van der Waals surface area contributed by atoms with Gasteiger partial charge in [0.05, 0.1) is 13.2 Å². The van der Waals surface area contributed by atoms with Gasteiger partial charge < -0.3 is 10.1 Å². The Kier molecular flexibility index (Phi) is 8.30. The van der Waals surface area contributed by atoms with Crippen molar-refractivity contribution in [2.24, 2.45) is 0 Å². The summed E-state index contributed by atoms with van der Waals surface area (Å²) in [7, 11) is 0. The molecule has 0 aliphatic heterocycles. The Morgan fingerprint density at radius 3 is 2.30 bits per heavy atom. The van der Waals surface area contributed by atoms with Gasteiger partial charge in [0, 0.05) is 24.5 Å². The molecule has 0 aromatic heterocycles. The molecule has 0 atom stereocenters. The van der Waals surface area contributed by atoms with Crippen LogP contribution in [0, 0.1) is 0 Å². The van der Waals surface area contributed by atoms with E-state index in [2.05, 4.69) is 17.4 Å². The molecular weight excluding hydrogens is 306 g/mol. The normalized spacial score (nSPS) is 10.4. The number of carbonyl (C=O) groups is 1. The largest absolute Gasteiger partial charge is 0.375 e. The van der Waals surface area contributed by atoms with Crippen molar-refractivity contribution < 1.29 is 9.53 Å². The summed E-state index contributed by atoms with van der Waals surface area (Å²) in [5.74, 6) is 1.88. The van der Waals surface area contributed by atoms with E-state index >= 15 is 0 Å². The van der Waals surface area contributed by atoms with Crippen LogP contribution in [0.4, 0.5) is 0 Å². The van der Waals surface area contributed by atoms with Gasteiger partial charge in [-0.05, 0) is 11.1 Å². The Hall–Kier alpha value is -1.78. The lowest BCUT2D eigenvalue weighted by atomic mass is 10.2. The molecule has 0 spiro atoms. The van der Waals surface area contributed by atoms with Gasteiger partial charge >= 0.3 is 0 Å². The first-order valence-corrected chi connectivity index (χ1v) is 9.00. The van der Waals surface area contributed by atoms with Gasteiger partial charge in [0.2, 0.25) is 5.91 Å². The second-order valence-electron chi connectivity index (χ2n) is 5.18. The lowest BCUT2D eigenvalue weighted by molar-refractivity contribution is -0.120. The molecule has 23 heavy (non-hydrogen) atoms. The molecule has 3 nitrogen and oxygen atoms in total. The smallest absolute Gasteiger partial charge is 0.220 e. The highest BCUT2D eigenvalue weighted by molar-refractivity contribution is 7.98. The number of nitrogens with one attached hydrogen (secondary N) is 1. The summed E-state index contributed by atoms with van der Waals surface area (Å²) in [5, 5.41) is 2.89. The molecule has 0 saturated carbocycles. The first-order chi connectivity index (χ1) is 11.3. The standard InChI is InChI=1S/C19H23NO2S/c21-19(11-14-23-16-18-9-5-2-6-10-18)20-12-13-22-15-17-7-3-1-4-8-17/h1-10H,11-16H2,(H,20,21). The lowest BCUT2D eigenvalue weighted by Crippen LogP contribution is -2.27. The van der Waals surface area contributed by atoms with Crippen LogP contribution in [-0.2, 0) is 21.9 Å². The van der Waals surface area contributed by atoms with Gasteiger partial charge in [-0.1, -0.05) is 60.7 Å². The third kappa shape index (κ3) is 7.86. The van der Waals surface area contributed by atoms with Crippen LogP contribution in [0.1, 0.15) is 17.5 Å². The molecule has 0 heterocycles. The highest BCUT2D eigenvalue weighted by atomic mass is 32.2. The Morgan fingerprint density at radius 2 is 1.61 bits per heavy atom. The van der Waals surface area contributed by atoms with Gasteiger partial charge in [0.15, 0.2) is 0 Å². The minimum absolute atomic E-state index is 0.0915. The number of rotatable bonds is 10. The van der Waals surface area contributed by atoms with Gasteiger partial charge in [-0.25, -0.2) is 0 Å². The Balaban J connectivity index is 1.45. The van der Waals surface area contributed by atoms with E-state index in [1.165, 1.54) is 5.56 Å². The molecule has 0 aliphatic carbocycles. The Morgan fingerprint density at radius 1 is 0.957 bits per heavy atom. The highest BCUT2D eigenvalue weighted by Crippen LogP contribution is 2.12. The Labute approximate surface area is 142 Å². The average Bonchev–Trinajstić information content (AvgIpc) is 2.60. The maximum Gasteiger partial charge on any atom is 0.220 e. The molecule has 4 heteroatoms. The zero-order valence-electron chi connectivity index (χ0n) is 13.2. The number of benzene rings is 2. The summed E-state index contributed by atoms with van der Waals surface area (Å²) in [6.45, 7) is 1.69. The molecule has 2 aromatic carbocycles. The number of hydrogen-bond donors (Lipinski definition) is 1. The number of amides is 1. The van der Waals surface area contributed by atoms with E-state index < -0.39 is 0 Å². The zero-order chi connectivity index (χ0) is 16.2. The first kappa shape index (κ1) is 17.6. The molecule has 1 N–H and O–H groups in total. The van der Waals surface area contributed by atoms with Crippen molar-refractivity contribution in [3.63, 3.8) is 0 Å². The molecule has 0 saturated heterocycles. The second kappa shape index (κ2) is 10.9. The number of carbonyl (C=O) groups excluding carboxylic acids is 1. The predicted molar refractivity (Wildman–Crippen MR) is 96.3 cm³/mol. The molecule has 122 valence electrons. The van der Waals surface area contributed by atoms with Gasteiger partial charge in [0.25, 0.3) is 0 Å². The van der Waals surface area contributed by atoms with Crippen LogP contribution >= 0.6 is 11.8 Å². The molecular formula is C19H23NO2S. The summed E-state index contributed by atoms with van der Waals surface area (Å²) in [4.78, 5) is 11.7. The van der Waals surface area contributed by atoms with Gasteiger partial charge in [-0.2, -0.15) is 11.8 Å². The average molecular weight is 329 g/mol. The maximum atomic E-state index is 11.7. The molecule has 0 bridgehead atoms. The van der Waals surface area contributed by atoms with Crippen molar-refractivity contribution in [2.75, 3.05) is 18.9 Å². The van der Waals surface area contributed by atoms with Gasteiger partial charge in [0.1, 0.15) is 0 Å². The predicted octanol–water partition coefficient (Wildman–Crippen LogP) is 3.64. The molecule has 1 amide bonds. The van der Waals surface area contributed by atoms with Crippen LogP contribution in [0.3, 0.4) is 0 Å². The van der Waals surface area contributed by atoms with E-state index in [-0.39, 0.29) is 5.91 Å². The van der Waals surface area contributed by atoms with E-state index in [4.69, 9.17) is 4.74 Å². The molecule has 0 aliphatic rings. The van der Waals surface area contributed by atoms with E-state index in [0.717, 1.165) is 17.1 Å². The fraction of sp³-hybridized carbons (Fsp3) is 0.316. The minimum atomic E-state index is 0.0915. The fourth-order valence-corrected chi connectivity index (χ4v) is 2.95. The fourth-order valence-electron chi connectivity index (χ4n) is 2.04. The summed E-state index contributed by atoms with van der Waals surface area (Å²) >= 11 is 1.78. The van der Waals surface area contributed by atoms with Crippen molar-refractivity contribution in [3.8, 4) is 0 Å². The summed E-state index contributed by atoms with van der Waals surface area (Å²) < 4.78 is 5.53. The number of hydrogen-bond acceptors (Lipinski definition) is 3. The van der Waals surface area contributed by atoms with Crippen LogP contribution in [0.2, 0.25) is 0 Å². The topological polar surface area (TPSA) is 38.3 Å². The third-order valence-corrected chi connectivity index (χ3v) is 4.30. The summed E-state index contributed by atoms with van der Waals surface area (Å²) in [6.07, 6.45) is 0.552. The second-order valence-corrected chi connectivity index (χ2v) is 6.28. The van der Waals surface area contributed by atoms with Crippen LogP contribution in [0.5, 0.6) is 0 Å². The van der Waals surface area contributed by atoms with Crippen molar-refractivity contribution in [2.45, 2.75) is 18.8 Å². The quantitative estimate of drug-likeness (QED) is 0.676. The number of ether oxygens (including phenoxy) is 1. The zero-order valence-corrected chi connectivity index (χ0v) is 14.1. The van der Waals surface area contributed by atoms with Crippen LogP contribution in [0.25, 0.3) is 0 Å². The van der Waals surface area contributed by atoms with E-state index in [0.29, 0.717) is 26.2 Å². The third-order valence-electron chi connectivity index (χ3n) is 3.27. The van der Waals surface area contributed by atoms with Crippen LogP contribution in [0.15, 0.2) is 60.7 Å². The van der Waals surface area contributed by atoms with Gasteiger partial charge in [-0.15, -0.1) is 0 Å². The van der Waals surface area contributed by atoms with Crippen molar-refractivity contribution in [1.29, 1.82) is 0 Å². The maximum absolute atomic E-state index is 11.7. The molecule has 2 rings (SSSR count). The van der Waals surface area contributed by atoms with E-state index in [1.807, 2.05) is 48.5 Å². The Bertz CT molecular complexity index is 560. The van der Waals surface area contributed by atoms with Crippen LogP contribution < -0.4 is 5.32 Å². The van der Waals surface area contributed by atoms with Crippen molar-refractivity contribution >= 4 is 17.7 Å². The summed E-state index contributed by atoms with van der Waals surface area (Å²) in [5.41, 5.74) is 2.45. The van der Waals surface area contributed by atoms with Crippen LogP contribution in [-0.4, -0.2) is 24.8 Å². The summed E-state index contributed by atoms with van der Waals surface area (Å²) in [6, 6.07) is 20.3. The van der Waals surface area contributed by atoms with Crippen molar-refractivity contribution in [1.82, 2.24) is 5.32 Å². The van der Waals surface area contributed by atoms with E-state index in [1.54, 1.807) is 11.8 Å². The minimum Gasteiger partial charge on any atom is -0.375 e.